The summed E-state index contributed by atoms with van der Waals surface area (Å²) < 4.78 is 23.9. The molecule has 1 amide bonds. The Labute approximate surface area is 163 Å². The van der Waals surface area contributed by atoms with Crippen molar-refractivity contribution in [2.45, 2.75) is 25.9 Å². The lowest BCUT2D eigenvalue weighted by atomic mass is 9.97. The van der Waals surface area contributed by atoms with Gasteiger partial charge in [0.2, 0.25) is 0 Å². The van der Waals surface area contributed by atoms with Crippen molar-refractivity contribution in [3.63, 3.8) is 0 Å². The van der Waals surface area contributed by atoms with E-state index >= 15 is 0 Å². The average molecular weight is 394 g/mol. The third kappa shape index (κ3) is 4.17. The van der Waals surface area contributed by atoms with Crippen LogP contribution in [0, 0.1) is 5.82 Å². The van der Waals surface area contributed by atoms with Crippen LogP contribution in [-0.4, -0.2) is 32.7 Å². The van der Waals surface area contributed by atoms with Crippen LogP contribution in [0.3, 0.4) is 0 Å². The second-order valence-electron chi connectivity index (χ2n) is 6.65. The van der Waals surface area contributed by atoms with Crippen LogP contribution in [0.25, 0.3) is 0 Å². The first-order valence-electron chi connectivity index (χ1n) is 8.77. The van der Waals surface area contributed by atoms with Crippen molar-refractivity contribution in [3.8, 4) is 11.5 Å². The molecule has 0 saturated heterocycles. The Morgan fingerprint density at radius 1 is 1.19 bits per heavy atom. The molecule has 2 N–H and O–H groups in total. The number of carbonyl (C=O) groups is 1. The summed E-state index contributed by atoms with van der Waals surface area (Å²) in [6.45, 7) is 3.42. The zero-order valence-electron chi connectivity index (χ0n) is 15.6. The summed E-state index contributed by atoms with van der Waals surface area (Å²) in [4.78, 5) is 13.8. The van der Waals surface area contributed by atoms with Crippen LogP contribution in [0.2, 0.25) is 5.02 Å². The molecule has 3 rings (SSSR count). The van der Waals surface area contributed by atoms with Gasteiger partial charge in [0.1, 0.15) is 12.4 Å². The van der Waals surface area contributed by atoms with Gasteiger partial charge in [-0.3, -0.25) is 4.79 Å². The number of ether oxygens (including phenoxy) is 2. The van der Waals surface area contributed by atoms with Gasteiger partial charge in [-0.05, 0) is 42.8 Å². The van der Waals surface area contributed by atoms with Crippen molar-refractivity contribution in [3.05, 3.63) is 52.3 Å². The van der Waals surface area contributed by atoms with E-state index in [9.17, 15) is 9.18 Å². The molecular formula is C20H23ClFN2O3+. The first-order chi connectivity index (χ1) is 12.9. The lowest BCUT2D eigenvalue weighted by Crippen LogP contribution is -3.16. The minimum atomic E-state index is -0.436. The zero-order valence-corrected chi connectivity index (χ0v) is 16.3. The summed E-state index contributed by atoms with van der Waals surface area (Å²) in [5.74, 6) is 0.820. The molecule has 1 heterocycles. The van der Waals surface area contributed by atoms with E-state index in [2.05, 4.69) is 5.32 Å². The molecule has 27 heavy (non-hydrogen) atoms. The normalized spacial score (nSPS) is 17.0. The predicted octanol–water partition coefficient (Wildman–Crippen LogP) is 2.46. The Morgan fingerprint density at radius 3 is 2.48 bits per heavy atom. The van der Waals surface area contributed by atoms with Gasteiger partial charge < -0.3 is 19.7 Å². The maximum Gasteiger partial charge on any atom is 0.282 e. The largest absolute Gasteiger partial charge is 0.493 e. The minimum absolute atomic E-state index is 0.151. The summed E-state index contributed by atoms with van der Waals surface area (Å²) in [5.41, 5.74) is 2.78. The smallest absolute Gasteiger partial charge is 0.282 e. The molecule has 0 aliphatic carbocycles. The molecule has 0 fully saturated rings. The first kappa shape index (κ1) is 19.5. The van der Waals surface area contributed by atoms with Gasteiger partial charge >= 0.3 is 0 Å². The highest BCUT2D eigenvalue weighted by molar-refractivity contribution is 6.33. The van der Waals surface area contributed by atoms with E-state index in [0.717, 1.165) is 29.2 Å². The number of hydrogen-bond acceptors (Lipinski definition) is 3. The fraction of sp³-hybridized carbons (Fsp3) is 0.350. The molecule has 0 spiro atoms. The van der Waals surface area contributed by atoms with Gasteiger partial charge in [-0.1, -0.05) is 11.6 Å². The minimum Gasteiger partial charge on any atom is -0.493 e. The van der Waals surface area contributed by atoms with E-state index in [-0.39, 0.29) is 17.0 Å². The number of anilines is 1. The van der Waals surface area contributed by atoms with Gasteiger partial charge in [0.15, 0.2) is 17.5 Å². The van der Waals surface area contributed by atoms with E-state index in [1.807, 2.05) is 19.1 Å². The van der Waals surface area contributed by atoms with E-state index in [1.54, 1.807) is 14.2 Å². The molecule has 0 saturated carbocycles. The van der Waals surface area contributed by atoms with Gasteiger partial charge in [-0.15, -0.1) is 0 Å². The molecule has 0 bridgehead atoms. The van der Waals surface area contributed by atoms with Crippen LogP contribution in [0.15, 0.2) is 30.3 Å². The second-order valence-corrected chi connectivity index (χ2v) is 7.05. The van der Waals surface area contributed by atoms with Gasteiger partial charge in [0.05, 0.1) is 31.5 Å². The lowest BCUT2D eigenvalue weighted by molar-refractivity contribution is -0.929. The second kappa shape index (κ2) is 8.15. The highest BCUT2D eigenvalue weighted by Gasteiger charge is 2.30. The molecule has 2 aromatic rings. The van der Waals surface area contributed by atoms with Crippen LogP contribution in [0.5, 0.6) is 11.5 Å². The van der Waals surface area contributed by atoms with Crippen molar-refractivity contribution < 1.29 is 23.6 Å². The number of rotatable bonds is 5. The molecule has 144 valence electrons. The maximum absolute atomic E-state index is 13.2. The molecule has 0 aromatic heterocycles. The monoisotopic (exact) mass is 393 g/mol. The van der Waals surface area contributed by atoms with Crippen molar-refractivity contribution in [1.29, 1.82) is 0 Å². The van der Waals surface area contributed by atoms with Crippen molar-refractivity contribution in [2.24, 2.45) is 0 Å². The standard InChI is InChI=1S/C20H22ClFN2O3/c1-12(20(25)23-17-5-4-15(22)10-16(17)21)24-7-6-13-8-18(26-2)19(27-3)9-14(13)11-24/h4-5,8-10,12H,6-7,11H2,1-3H3,(H,23,25)/p+1/t12-/m1/s1. The molecule has 7 heteroatoms. The topological polar surface area (TPSA) is 52.0 Å². The summed E-state index contributed by atoms with van der Waals surface area (Å²) in [7, 11) is 3.23. The van der Waals surface area contributed by atoms with E-state index in [1.165, 1.54) is 23.8 Å². The average Bonchev–Trinajstić information content (AvgIpc) is 2.67. The molecule has 2 aromatic carbocycles. The van der Waals surface area contributed by atoms with E-state index in [0.29, 0.717) is 18.0 Å². The summed E-state index contributed by atoms with van der Waals surface area (Å²) in [6.07, 6.45) is 0.847. The number of amides is 1. The fourth-order valence-corrected chi connectivity index (χ4v) is 3.59. The van der Waals surface area contributed by atoms with Crippen LogP contribution >= 0.6 is 11.6 Å². The molecular weight excluding hydrogens is 371 g/mol. The molecule has 2 atom stereocenters. The SMILES string of the molecule is COc1cc2c(cc1OC)C[NH+]([C@H](C)C(=O)Nc1ccc(F)cc1Cl)CC2. The third-order valence-corrected chi connectivity index (χ3v) is 5.35. The molecule has 0 radical (unpaired) electrons. The number of quaternary nitrogens is 1. The summed E-state index contributed by atoms with van der Waals surface area (Å²) in [5, 5.41) is 2.98. The number of fused-ring (bicyclic) bond motifs is 1. The van der Waals surface area contributed by atoms with Crippen LogP contribution < -0.4 is 19.7 Å². The van der Waals surface area contributed by atoms with E-state index < -0.39 is 5.82 Å². The van der Waals surface area contributed by atoms with Crippen molar-refractivity contribution in [2.75, 3.05) is 26.1 Å². The number of hydrogen-bond donors (Lipinski definition) is 2. The highest BCUT2D eigenvalue weighted by Crippen LogP contribution is 2.31. The Kier molecular flexibility index (Phi) is 5.87. The Morgan fingerprint density at radius 2 is 1.85 bits per heavy atom. The molecule has 1 aliphatic rings. The summed E-state index contributed by atoms with van der Waals surface area (Å²) in [6, 6.07) is 7.64. The molecule has 1 aliphatic heterocycles. The molecule has 1 unspecified atom stereocenters. The van der Waals surface area contributed by atoms with Gasteiger partial charge in [-0.2, -0.15) is 0 Å². The Balaban J connectivity index is 1.73. The number of halogens is 2. The van der Waals surface area contributed by atoms with Crippen LogP contribution in [-0.2, 0) is 17.8 Å². The third-order valence-electron chi connectivity index (χ3n) is 5.03. The fourth-order valence-electron chi connectivity index (χ4n) is 3.38. The number of nitrogens with one attached hydrogen (secondary N) is 2. The Hall–Kier alpha value is -2.31. The Bertz CT molecular complexity index is 859. The predicted molar refractivity (Wildman–Crippen MR) is 102 cm³/mol. The van der Waals surface area contributed by atoms with Gasteiger partial charge in [0.25, 0.3) is 5.91 Å². The highest BCUT2D eigenvalue weighted by atomic mass is 35.5. The number of methoxy groups -OCH3 is 2. The first-order valence-corrected chi connectivity index (χ1v) is 9.15. The van der Waals surface area contributed by atoms with Crippen LogP contribution in [0.4, 0.5) is 10.1 Å². The number of benzene rings is 2. The van der Waals surface area contributed by atoms with Crippen molar-refractivity contribution >= 4 is 23.2 Å². The van der Waals surface area contributed by atoms with Gasteiger partial charge in [0, 0.05) is 12.0 Å². The van der Waals surface area contributed by atoms with E-state index in [4.69, 9.17) is 21.1 Å². The van der Waals surface area contributed by atoms with Crippen LogP contribution in [0.1, 0.15) is 18.1 Å². The number of carbonyl (C=O) groups excluding carboxylic acids is 1. The molecule has 5 nitrogen and oxygen atoms in total. The quantitative estimate of drug-likeness (QED) is 0.820. The zero-order chi connectivity index (χ0) is 19.6. The van der Waals surface area contributed by atoms with Crippen molar-refractivity contribution in [1.82, 2.24) is 0 Å². The maximum atomic E-state index is 13.2. The summed E-state index contributed by atoms with van der Waals surface area (Å²) >= 11 is 6.01. The lowest BCUT2D eigenvalue weighted by Gasteiger charge is -2.30. The van der Waals surface area contributed by atoms with Gasteiger partial charge in [-0.25, -0.2) is 4.39 Å².